The molecule has 1 aromatic rings. The fourth-order valence-electron chi connectivity index (χ4n) is 5.19. The molecule has 134 valence electrons. The van der Waals surface area contributed by atoms with Crippen LogP contribution in [0.1, 0.15) is 36.0 Å². The van der Waals surface area contributed by atoms with Gasteiger partial charge in [-0.25, -0.2) is 0 Å². The second-order valence-corrected chi connectivity index (χ2v) is 7.91. The number of anilines is 1. The van der Waals surface area contributed by atoms with Gasteiger partial charge in [0, 0.05) is 18.7 Å². The first-order valence-corrected chi connectivity index (χ1v) is 9.60. The van der Waals surface area contributed by atoms with Crippen molar-refractivity contribution in [3.63, 3.8) is 0 Å². The van der Waals surface area contributed by atoms with E-state index >= 15 is 0 Å². The first-order chi connectivity index (χ1) is 12.6. The smallest absolute Gasteiger partial charge is 0.253 e. The Morgan fingerprint density at radius 1 is 0.846 bits per heavy atom. The number of fused-ring (bicyclic) bond motifs is 5. The zero-order valence-corrected chi connectivity index (χ0v) is 14.6. The highest BCUT2D eigenvalue weighted by molar-refractivity contribution is 6.22. The molecule has 1 aromatic carbocycles. The van der Waals surface area contributed by atoms with E-state index in [2.05, 4.69) is 12.2 Å². The van der Waals surface area contributed by atoms with Gasteiger partial charge in [-0.3, -0.25) is 19.3 Å². The molecule has 4 aliphatic rings. The number of imide groups is 1. The molecular weight excluding hydrogens is 328 g/mol. The third-order valence-corrected chi connectivity index (χ3v) is 6.49. The molecule has 5 heteroatoms. The van der Waals surface area contributed by atoms with E-state index in [9.17, 15) is 14.4 Å². The maximum Gasteiger partial charge on any atom is 0.253 e. The molecule has 5 rings (SSSR count). The summed E-state index contributed by atoms with van der Waals surface area (Å²) in [5.41, 5.74) is 1.21. The molecule has 0 aromatic heterocycles. The molecule has 2 heterocycles. The van der Waals surface area contributed by atoms with E-state index in [0.717, 1.165) is 32.4 Å². The molecule has 3 amide bonds. The second-order valence-electron chi connectivity index (χ2n) is 7.91. The van der Waals surface area contributed by atoms with Gasteiger partial charge >= 0.3 is 0 Å². The first kappa shape index (κ1) is 15.8. The average molecular weight is 350 g/mol. The molecular formula is C21H22N2O3. The van der Waals surface area contributed by atoms with Gasteiger partial charge in [-0.2, -0.15) is 0 Å². The fourth-order valence-corrected chi connectivity index (χ4v) is 5.19. The molecule has 2 aliphatic heterocycles. The lowest BCUT2D eigenvalue weighted by molar-refractivity contribution is -0.123. The number of hydrogen-bond donors (Lipinski definition) is 0. The number of carbonyl (C=O) groups is 3. The number of hydrogen-bond acceptors (Lipinski definition) is 3. The third-order valence-electron chi connectivity index (χ3n) is 6.49. The Labute approximate surface area is 152 Å². The van der Waals surface area contributed by atoms with Crippen LogP contribution in [0.3, 0.4) is 0 Å². The molecule has 0 spiro atoms. The normalized spacial score (nSPS) is 32.5. The van der Waals surface area contributed by atoms with E-state index in [1.54, 1.807) is 24.3 Å². The Morgan fingerprint density at radius 3 is 2.00 bits per heavy atom. The van der Waals surface area contributed by atoms with Crippen LogP contribution < -0.4 is 4.90 Å². The number of likely N-dealkylation sites (tertiary alicyclic amines) is 1. The first-order valence-electron chi connectivity index (χ1n) is 9.60. The summed E-state index contributed by atoms with van der Waals surface area (Å²) < 4.78 is 0. The maximum atomic E-state index is 12.8. The Balaban J connectivity index is 1.37. The van der Waals surface area contributed by atoms with Crippen molar-refractivity contribution in [1.82, 2.24) is 4.90 Å². The molecule has 2 aliphatic carbocycles. The molecule has 0 N–H and O–H groups in total. The average Bonchev–Trinajstić information content (AvgIpc) is 3.36. The summed E-state index contributed by atoms with van der Waals surface area (Å²) in [5, 5.41) is 0. The van der Waals surface area contributed by atoms with Gasteiger partial charge in [-0.05, 0) is 61.8 Å². The minimum absolute atomic E-state index is 0.0365. The lowest BCUT2D eigenvalue weighted by Gasteiger charge is -2.27. The van der Waals surface area contributed by atoms with Crippen LogP contribution in [-0.4, -0.2) is 35.7 Å². The molecule has 4 atom stereocenters. The van der Waals surface area contributed by atoms with Crippen LogP contribution >= 0.6 is 0 Å². The van der Waals surface area contributed by atoms with Gasteiger partial charge in [0.1, 0.15) is 0 Å². The van der Waals surface area contributed by atoms with E-state index in [0.29, 0.717) is 11.3 Å². The van der Waals surface area contributed by atoms with Crippen molar-refractivity contribution in [2.45, 2.75) is 25.7 Å². The van der Waals surface area contributed by atoms with E-state index < -0.39 is 0 Å². The Morgan fingerprint density at radius 2 is 1.42 bits per heavy atom. The Hall–Kier alpha value is -2.43. The summed E-state index contributed by atoms with van der Waals surface area (Å²) in [6.45, 7) is 1.62. The van der Waals surface area contributed by atoms with Crippen molar-refractivity contribution in [2.24, 2.45) is 23.7 Å². The molecule has 5 nitrogen and oxygen atoms in total. The van der Waals surface area contributed by atoms with Crippen molar-refractivity contribution in [3.8, 4) is 0 Å². The second kappa shape index (κ2) is 5.79. The number of benzene rings is 1. The lowest BCUT2D eigenvalue weighted by atomic mass is 9.85. The summed E-state index contributed by atoms with van der Waals surface area (Å²) in [6, 6.07) is 6.97. The molecule has 1 saturated carbocycles. The van der Waals surface area contributed by atoms with Gasteiger partial charge in [0.2, 0.25) is 11.8 Å². The van der Waals surface area contributed by atoms with Gasteiger partial charge in [-0.1, -0.05) is 12.2 Å². The number of amides is 3. The van der Waals surface area contributed by atoms with E-state index in [4.69, 9.17) is 0 Å². The molecule has 2 saturated heterocycles. The summed E-state index contributed by atoms with van der Waals surface area (Å²) in [5.74, 6) is -0.0644. The van der Waals surface area contributed by atoms with Gasteiger partial charge in [0.25, 0.3) is 5.91 Å². The molecule has 3 fully saturated rings. The molecule has 2 bridgehead atoms. The van der Waals surface area contributed by atoms with Crippen LogP contribution in [0.5, 0.6) is 0 Å². The van der Waals surface area contributed by atoms with Crippen molar-refractivity contribution >= 4 is 23.4 Å². The lowest BCUT2D eigenvalue weighted by Crippen LogP contribution is -2.35. The van der Waals surface area contributed by atoms with Crippen molar-refractivity contribution in [1.29, 1.82) is 0 Å². The zero-order valence-electron chi connectivity index (χ0n) is 14.6. The van der Waals surface area contributed by atoms with Gasteiger partial charge in [0.05, 0.1) is 17.5 Å². The molecule has 4 unspecified atom stereocenters. The quantitative estimate of drug-likeness (QED) is 0.609. The standard InChI is InChI=1S/C21H22N2O3/c24-19(22-10-2-1-3-11-22)13-6-8-16(9-7-13)23-20(25)17-14-4-5-15(12-14)18(17)21(23)26/h4-9,14-15,17-18H,1-3,10-12H2. The molecule has 26 heavy (non-hydrogen) atoms. The predicted molar refractivity (Wildman–Crippen MR) is 96.4 cm³/mol. The zero-order chi connectivity index (χ0) is 17.8. The number of piperidine rings is 1. The van der Waals surface area contributed by atoms with Gasteiger partial charge in [0.15, 0.2) is 0 Å². The van der Waals surface area contributed by atoms with Crippen molar-refractivity contribution < 1.29 is 14.4 Å². The minimum atomic E-state index is -0.188. The monoisotopic (exact) mass is 350 g/mol. The van der Waals surface area contributed by atoms with Crippen molar-refractivity contribution in [2.75, 3.05) is 18.0 Å². The van der Waals surface area contributed by atoms with Gasteiger partial charge in [-0.15, -0.1) is 0 Å². The summed E-state index contributed by atoms with van der Waals surface area (Å²) >= 11 is 0. The summed E-state index contributed by atoms with van der Waals surface area (Å²) in [4.78, 5) is 41.5. The molecule has 0 radical (unpaired) electrons. The third kappa shape index (κ3) is 2.19. The van der Waals surface area contributed by atoms with Crippen LogP contribution in [0.15, 0.2) is 36.4 Å². The number of allylic oxidation sites excluding steroid dienone is 2. The van der Waals surface area contributed by atoms with Crippen molar-refractivity contribution in [3.05, 3.63) is 42.0 Å². The van der Waals surface area contributed by atoms with Crippen LogP contribution in [0, 0.1) is 23.7 Å². The van der Waals surface area contributed by atoms with Gasteiger partial charge < -0.3 is 4.90 Å². The highest BCUT2D eigenvalue weighted by atomic mass is 16.2. The van der Waals surface area contributed by atoms with Crippen LogP contribution in [0.2, 0.25) is 0 Å². The number of rotatable bonds is 2. The highest BCUT2D eigenvalue weighted by Gasteiger charge is 2.59. The fraction of sp³-hybridized carbons (Fsp3) is 0.476. The van der Waals surface area contributed by atoms with Crippen LogP contribution in [0.25, 0.3) is 0 Å². The largest absolute Gasteiger partial charge is 0.339 e. The number of nitrogens with zero attached hydrogens (tertiary/aromatic N) is 2. The van der Waals surface area contributed by atoms with E-state index in [-0.39, 0.29) is 41.4 Å². The SMILES string of the molecule is O=C(c1ccc(N2C(=O)C3C4C=CC(C4)C3C2=O)cc1)N1CCCCC1. The summed E-state index contributed by atoms with van der Waals surface area (Å²) in [7, 11) is 0. The van der Waals surface area contributed by atoms with E-state index in [1.807, 2.05) is 4.90 Å². The number of carbonyl (C=O) groups excluding carboxylic acids is 3. The highest BCUT2D eigenvalue weighted by Crippen LogP contribution is 2.53. The maximum absolute atomic E-state index is 12.8. The van der Waals surface area contributed by atoms with Crippen LogP contribution in [0.4, 0.5) is 5.69 Å². The Bertz CT molecular complexity index is 777. The predicted octanol–water partition coefficient (Wildman–Crippen LogP) is 2.62. The minimum Gasteiger partial charge on any atom is -0.339 e. The summed E-state index contributed by atoms with van der Waals surface area (Å²) in [6.07, 6.45) is 8.42. The van der Waals surface area contributed by atoms with Crippen LogP contribution in [-0.2, 0) is 9.59 Å². The topological polar surface area (TPSA) is 57.7 Å². The Kier molecular flexibility index (Phi) is 3.52. The van der Waals surface area contributed by atoms with E-state index in [1.165, 1.54) is 11.3 Å².